The first-order valence-corrected chi connectivity index (χ1v) is 10.6. The number of carboxylic acid groups (broad SMARTS) is 2. The molecule has 2 unspecified atom stereocenters. The number of benzene rings is 1. The Kier molecular flexibility index (Phi) is 6.70. The second-order valence-corrected chi connectivity index (χ2v) is 8.23. The Morgan fingerprint density at radius 3 is 2.56 bits per heavy atom. The summed E-state index contributed by atoms with van der Waals surface area (Å²) in [5.41, 5.74) is 4.51. The number of nitrogens with two attached hydrogens (primary N) is 1. The minimum atomic E-state index is -2.85. The monoisotopic (exact) mass is 505 g/mol. The highest BCUT2D eigenvalue weighted by atomic mass is 16.7. The number of carboxylic acids is 2. The van der Waals surface area contributed by atoms with Gasteiger partial charge in [0.15, 0.2) is 18.2 Å². The minimum Gasteiger partial charge on any atom is -0.481 e. The zero-order valence-corrected chi connectivity index (χ0v) is 18.5. The number of aliphatic imine (C=N–C) groups is 3. The summed E-state index contributed by atoms with van der Waals surface area (Å²) in [7, 11) is 0. The summed E-state index contributed by atoms with van der Waals surface area (Å²) in [4.78, 5) is 49.4. The number of nitrogens with zero attached hydrogens (tertiary/aromatic N) is 4. The van der Waals surface area contributed by atoms with E-state index in [1.165, 1.54) is 12.1 Å². The number of aliphatic hydroxyl groups is 3. The van der Waals surface area contributed by atoms with E-state index in [-0.39, 0.29) is 23.8 Å². The first kappa shape index (κ1) is 25.5. The molecule has 0 aromatic heterocycles. The van der Waals surface area contributed by atoms with Gasteiger partial charge >= 0.3 is 11.9 Å². The topological polar surface area (TPSA) is 237 Å². The van der Waals surface area contributed by atoms with Gasteiger partial charge in [-0.1, -0.05) is 30.3 Å². The number of aliphatic carboxylic acids is 2. The van der Waals surface area contributed by atoms with Crippen LogP contribution < -0.4 is 5.73 Å². The lowest BCUT2D eigenvalue weighted by Crippen LogP contribution is -2.63. The number of carbonyl (C=O) groups excluding carboxylic acids is 1. The van der Waals surface area contributed by atoms with E-state index in [2.05, 4.69) is 15.0 Å². The first-order chi connectivity index (χ1) is 17.0. The lowest BCUT2D eigenvalue weighted by atomic mass is 9.92. The van der Waals surface area contributed by atoms with E-state index in [0.29, 0.717) is 0 Å². The Morgan fingerprint density at radius 1 is 1.25 bits per heavy atom. The van der Waals surface area contributed by atoms with Crippen molar-refractivity contribution in [1.29, 1.82) is 0 Å². The molecule has 0 bridgehead atoms. The number of carbonyl (C=O) groups is 3. The summed E-state index contributed by atoms with van der Waals surface area (Å²) >= 11 is 0. The molecular formula is C21H23N5O10. The van der Waals surface area contributed by atoms with Gasteiger partial charge in [-0.15, -0.1) is 0 Å². The molecular weight excluding hydrogens is 482 g/mol. The van der Waals surface area contributed by atoms with Gasteiger partial charge < -0.3 is 39.9 Å². The van der Waals surface area contributed by atoms with E-state index < -0.39 is 66.7 Å². The predicted octanol–water partition coefficient (Wildman–Crippen LogP) is -2.61. The number of hydrogen-bond acceptors (Lipinski definition) is 13. The number of hydrogen-bond donors (Lipinski definition) is 6. The van der Waals surface area contributed by atoms with Crippen LogP contribution in [-0.4, -0.2) is 115 Å². The molecule has 192 valence electrons. The zero-order chi connectivity index (χ0) is 26.3. The van der Waals surface area contributed by atoms with E-state index in [1.54, 1.807) is 18.2 Å². The Bertz CT molecular complexity index is 1160. The van der Waals surface area contributed by atoms with Gasteiger partial charge in [0.25, 0.3) is 0 Å². The molecule has 0 saturated carbocycles. The Balaban J connectivity index is 1.66. The fourth-order valence-corrected chi connectivity index (χ4v) is 4.13. The fourth-order valence-electron chi connectivity index (χ4n) is 4.13. The highest BCUT2D eigenvalue weighted by Crippen LogP contribution is 2.38. The Hall–Kier alpha value is -3.60. The molecule has 1 aromatic carbocycles. The summed E-state index contributed by atoms with van der Waals surface area (Å²) in [5.74, 6) is -6.80. The molecule has 15 nitrogen and oxygen atoms in total. The van der Waals surface area contributed by atoms with E-state index >= 15 is 0 Å². The van der Waals surface area contributed by atoms with Gasteiger partial charge in [-0.3, -0.25) is 20.3 Å². The van der Waals surface area contributed by atoms with Crippen LogP contribution in [0, 0.1) is 0 Å². The minimum absolute atomic E-state index is 0.0836. The van der Waals surface area contributed by atoms with E-state index in [0.717, 1.165) is 11.2 Å². The quantitative estimate of drug-likeness (QED) is 0.149. The highest BCUT2D eigenvalue weighted by molar-refractivity contribution is 6.52. The van der Waals surface area contributed by atoms with Crippen LogP contribution >= 0.6 is 0 Å². The molecule has 3 aliphatic rings. The number of Topliss-reactive ketones (excluding diaryl/α,β-unsaturated/α-hetero) is 1. The van der Waals surface area contributed by atoms with Crippen molar-refractivity contribution < 1.29 is 49.4 Å². The van der Waals surface area contributed by atoms with Gasteiger partial charge in [0, 0.05) is 5.56 Å². The lowest BCUT2D eigenvalue weighted by Gasteiger charge is -2.38. The Labute approximate surface area is 202 Å². The number of rotatable bonds is 9. The van der Waals surface area contributed by atoms with Crippen molar-refractivity contribution in [3.8, 4) is 0 Å². The van der Waals surface area contributed by atoms with Gasteiger partial charge in [0.1, 0.15) is 30.9 Å². The molecule has 0 radical (unpaired) electrons. The van der Waals surface area contributed by atoms with E-state index in [1.807, 2.05) is 0 Å². The summed E-state index contributed by atoms with van der Waals surface area (Å²) in [6, 6.07) is 8.05. The van der Waals surface area contributed by atoms with Gasteiger partial charge in [-0.25, -0.2) is 14.8 Å². The molecule has 0 aliphatic carbocycles. The highest BCUT2D eigenvalue weighted by Gasteiger charge is 2.62. The average molecular weight is 505 g/mol. The lowest BCUT2D eigenvalue weighted by molar-refractivity contribution is -0.296. The number of ketones is 1. The first-order valence-electron chi connectivity index (χ1n) is 10.6. The van der Waals surface area contributed by atoms with Crippen molar-refractivity contribution in [2.24, 2.45) is 20.7 Å². The molecule has 3 heterocycles. The van der Waals surface area contributed by atoms with Crippen LogP contribution in [0.4, 0.5) is 0 Å². The third-order valence-corrected chi connectivity index (χ3v) is 5.91. The number of amidine groups is 1. The molecule has 4 rings (SSSR count). The molecule has 7 N–H and O–H groups in total. The molecule has 15 heteroatoms. The third kappa shape index (κ3) is 4.17. The van der Waals surface area contributed by atoms with Crippen molar-refractivity contribution in [2.75, 3.05) is 13.3 Å². The average Bonchev–Trinajstić information content (AvgIpc) is 3.38. The van der Waals surface area contributed by atoms with Crippen molar-refractivity contribution >= 4 is 35.6 Å². The maximum absolute atomic E-state index is 13.2. The fraction of sp³-hybridized carbons (Fsp3) is 0.429. The summed E-state index contributed by atoms with van der Waals surface area (Å²) in [6.45, 7) is -1.14. The van der Waals surface area contributed by atoms with E-state index in [9.17, 15) is 34.8 Å². The molecule has 3 aliphatic heterocycles. The molecule has 6 atom stereocenters. The van der Waals surface area contributed by atoms with Crippen LogP contribution in [0.5, 0.6) is 0 Å². The maximum atomic E-state index is 13.2. The van der Waals surface area contributed by atoms with Crippen molar-refractivity contribution in [1.82, 2.24) is 4.90 Å². The number of fused-ring (bicyclic) bond motifs is 1. The largest absolute Gasteiger partial charge is 0.481 e. The third-order valence-electron chi connectivity index (χ3n) is 5.91. The summed E-state index contributed by atoms with van der Waals surface area (Å²) in [5, 5.41) is 49.9. The van der Waals surface area contributed by atoms with Crippen molar-refractivity contribution in [3.05, 3.63) is 35.9 Å². The zero-order valence-electron chi connectivity index (χ0n) is 18.5. The van der Waals surface area contributed by atoms with Crippen LogP contribution in [0.15, 0.2) is 45.3 Å². The van der Waals surface area contributed by atoms with Gasteiger partial charge in [-0.2, -0.15) is 0 Å². The normalized spacial score (nSPS) is 32.0. The van der Waals surface area contributed by atoms with Crippen molar-refractivity contribution in [2.45, 2.75) is 42.4 Å². The Morgan fingerprint density at radius 2 is 1.94 bits per heavy atom. The van der Waals surface area contributed by atoms with Crippen LogP contribution in [0.3, 0.4) is 0 Å². The second kappa shape index (κ2) is 9.45. The van der Waals surface area contributed by atoms with Crippen molar-refractivity contribution in [3.63, 3.8) is 0 Å². The van der Waals surface area contributed by atoms with Gasteiger partial charge in [-0.05, 0) is 0 Å². The number of aliphatic hydroxyl groups excluding tert-OH is 2. The molecule has 0 spiro atoms. The number of ether oxygens (including phenoxy) is 2. The standard InChI is InChI=1S/C21H23N5O10/c22-20(15(30)10-4-2-1-3-5-10)14-17(23-8-25-20)26(9-24-14)19-21(34,16(31)12(7-27)35-19)36-11(18(32)33)6-13(28)29/h1-5,8,11-12,16,19,27,31,34H,6-7,9,22H2,(H,28,29)(H,32,33)/t11?,12-,16-,19-,20?,21+/m1/s1. The smallest absolute Gasteiger partial charge is 0.333 e. The van der Waals surface area contributed by atoms with Gasteiger partial charge in [0.2, 0.25) is 17.2 Å². The van der Waals surface area contributed by atoms with Gasteiger partial charge in [0.05, 0.1) is 13.0 Å². The second-order valence-electron chi connectivity index (χ2n) is 8.23. The van der Waals surface area contributed by atoms with Crippen LogP contribution in [0.1, 0.15) is 16.8 Å². The van der Waals surface area contributed by atoms with E-state index in [4.69, 9.17) is 20.3 Å². The van der Waals surface area contributed by atoms with Crippen LogP contribution in [0.2, 0.25) is 0 Å². The predicted molar refractivity (Wildman–Crippen MR) is 119 cm³/mol. The molecule has 1 fully saturated rings. The molecule has 0 amide bonds. The summed E-state index contributed by atoms with van der Waals surface area (Å²) in [6.07, 6.45) is -7.31. The molecule has 36 heavy (non-hydrogen) atoms. The maximum Gasteiger partial charge on any atom is 0.333 e. The molecule has 1 aromatic rings. The van der Waals surface area contributed by atoms with Crippen LogP contribution in [0.25, 0.3) is 0 Å². The summed E-state index contributed by atoms with van der Waals surface area (Å²) < 4.78 is 10.8. The van der Waals surface area contributed by atoms with Crippen LogP contribution in [-0.2, 0) is 19.1 Å². The molecule has 1 saturated heterocycles. The SMILES string of the molecule is NC1(C(=O)c2ccccc2)N=CN=C2C1=NCN2[C@@H]1O[C@H](CO)[C@@H](O)[C@]1(O)OC(CC(=O)O)C(=O)O.